The van der Waals surface area contributed by atoms with Crippen molar-refractivity contribution in [1.82, 2.24) is 0 Å². The van der Waals surface area contributed by atoms with Crippen LogP contribution in [0.25, 0.3) is 0 Å². The van der Waals surface area contributed by atoms with Crippen molar-refractivity contribution < 1.29 is 4.39 Å². The van der Waals surface area contributed by atoms with Crippen LogP contribution in [0.15, 0.2) is 18.2 Å². The molecule has 0 fully saturated rings. The molecular formula is C10H9BrFN. The first-order valence-electron chi connectivity index (χ1n) is 3.81. The van der Waals surface area contributed by atoms with Crippen LogP contribution in [-0.4, -0.2) is 5.33 Å². The van der Waals surface area contributed by atoms with Crippen LogP contribution < -0.4 is 5.73 Å². The lowest BCUT2D eigenvalue weighted by atomic mass is 10.1. The Balaban J connectivity index is 3.04. The predicted octanol–water partition coefficient (Wildman–Crippen LogP) is 2.03. The Hall–Kier alpha value is -0.850. The van der Waals surface area contributed by atoms with E-state index in [9.17, 15) is 4.39 Å². The summed E-state index contributed by atoms with van der Waals surface area (Å²) in [5, 5.41) is 0.541. The van der Waals surface area contributed by atoms with Crippen LogP contribution in [0.3, 0.4) is 0 Å². The number of halogens is 2. The van der Waals surface area contributed by atoms with Crippen LogP contribution in [0.5, 0.6) is 0 Å². The van der Waals surface area contributed by atoms with Gasteiger partial charge in [0.1, 0.15) is 5.82 Å². The topological polar surface area (TPSA) is 26.0 Å². The van der Waals surface area contributed by atoms with Gasteiger partial charge in [0.15, 0.2) is 0 Å². The summed E-state index contributed by atoms with van der Waals surface area (Å²) in [6, 6.07) is 4.72. The maximum atomic E-state index is 13.1. The zero-order valence-corrected chi connectivity index (χ0v) is 8.57. The summed E-state index contributed by atoms with van der Waals surface area (Å²) in [7, 11) is 0. The molecule has 0 amide bonds. The number of rotatable bonds is 1. The van der Waals surface area contributed by atoms with Crippen molar-refractivity contribution in [3.8, 4) is 11.8 Å². The van der Waals surface area contributed by atoms with Gasteiger partial charge < -0.3 is 5.73 Å². The second-order valence-electron chi connectivity index (χ2n) is 2.45. The normalized spacial score (nSPS) is 9.15. The maximum Gasteiger partial charge on any atom is 0.138 e. The van der Waals surface area contributed by atoms with Crippen molar-refractivity contribution >= 4 is 15.9 Å². The summed E-state index contributed by atoms with van der Waals surface area (Å²) in [6.45, 7) is 0.406. The van der Waals surface area contributed by atoms with Gasteiger partial charge >= 0.3 is 0 Å². The third kappa shape index (κ3) is 2.83. The van der Waals surface area contributed by atoms with Gasteiger partial charge in [-0.3, -0.25) is 0 Å². The molecule has 2 N–H and O–H groups in total. The zero-order chi connectivity index (χ0) is 9.68. The third-order valence-electron chi connectivity index (χ3n) is 1.56. The Bertz CT molecular complexity index is 352. The molecule has 13 heavy (non-hydrogen) atoms. The van der Waals surface area contributed by atoms with E-state index in [1.54, 1.807) is 12.1 Å². The van der Waals surface area contributed by atoms with E-state index in [0.29, 0.717) is 17.4 Å². The van der Waals surface area contributed by atoms with Crippen LogP contribution in [0.2, 0.25) is 0 Å². The molecule has 0 bridgehead atoms. The molecule has 0 saturated carbocycles. The van der Waals surface area contributed by atoms with E-state index in [2.05, 4.69) is 27.8 Å². The average molecular weight is 242 g/mol. The fraction of sp³-hybridized carbons (Fsp3) is 0.200. The van der Waals surface area contributed by atoms with Crippen molar-refractivity contribution in [3.63, 3.8) is 0 Å². The summed E-state index contributed by atoms with van der Waals surface area (Å²) in [5.41, 5.74) is 6.71. The molecule has 1 nitrogen and oxygen atoms in total. The van der Waals surface area contributed by atoms with Gasteiger partial charge in [0.2, 0.25) is 0 Å². The molecule has 3 heteroatoms. The molecule has 0 heterocycles. The monoisotopic (exact) mass is 241 g/mol. The molecule has 1 aromatic carbocycles. The highest BCUT2D eigenvalue weighted by atomic mass is 79.9. The van der Waals surface area contributed by atoms with Crippen LogP contribution in [0.4, 0.5) is 4.39 Å². The largest absolute Gasteiger partial charge is 0.326 e. The minimum atomic E-state index is -0.300. The Labute approximate surface area is 85.3 Å². The smallest absolute Gasteiger partial charge is 0.138 e. The van der Waals surface area contributed by atoms with Crippen LogP contribution >= 0.6 is 15.9 Å². The van der Waals surface area contributed by atoms with Gasteiger partial charge in [-0.25, -0.2) is 4.39 Å². The number of benzene rings is 1. The Kier molecular flexibility index (Phi) is 3.94. The van der Waals surface area contributed by atoms with Crippen molar-refractivity contribution in [2.24, 2.45) is 5.73 Å². The molecule has 0 aliphatic carbocycles. The number of hydrogen-bond donors (Lipinski definition) is 1. The second-order valence-corrected chi connectivity index (χ2v) is 3.01. The Morgan fingerprint density at radius 1 is 1.46 bits per heavy atom. The van der Waals surface area contributed by atoms with Crippen LogP contribution in [0, 0.1) is 17.7 Å². The van der Waals surface area contributed by atoms with Gasteiger partial charge in [0.05, 0.1) is 10.9 Å². The summed E-state index contributed by atoms with van der Waals surface area (Å²) < 4.78 is 13.1. The van der Waals surface area contributed by atoms with Crippen LogP contribution in [-0.2, 0) is 6.54 Å². The van der Waals surface area contributed by atoms with Crippen LogP contribution in [0.1, 0.15) is 11.1 Å². The Morgan fingerprint density at radius 3 is 2.85 bits per heavy atom. The molecule has 0 radical (unpaired) electrons. The first-order valence-corrected chi connectivity index (χ1v) is 4.93. The highest BCUT2D eigenvalue weighted by Crippen LogP contribution is 2.08. The lowest BCUT2D eigenvalue weighted by Crippen LogP contribution is -1.97. The summed E-state index contributed by atoms with van der Waals surface area (Å²) >= 11 is 3.15. The van der Waals surface area contributed by atoms with Gasteiger partial charge in [0, 0.05) is 6.54 Å². The first kappa shape index (κ1) is 10.2. The summed E-state index contributed by atoms with van der Waals surface area (Å²) in [5.74, 6) is 5.15. The Morgan fingerprint density at radius 2 is 2.23 bits per heavy atom. The van der Waals surface area contributed by atoms with E-state index in [-0.39, 0.29) is 5.82 Å². The average Bonchev–Trinajstić information content (AvgIpc) is 2.17. The minimum absolute atomic E-state index is 0.300. The fourth-order valence-corrected chi connectivity index (χ4v) is 1.06. The van der Waals surface area contributed by atoms with E-state index in [0.717, 1.165) is 5.56 Å². The first-order chi connectivity index (χ1) is 6.27. The van der Waals surface area contributed by atoms with E-state index < -0.39 is 0 Å². The van der Waals surface area contributed by atoms with Crippen molar-refractivity contribution in [2.45, 2.75) is 6.54 Å². The molecule has 0 saturated heterocycles. The molecule has 1 aromatic rings. The minimum Gasteiger partial charge on any atom is -0.326 e. The summed E-state index contributed by atoms with van der Waals surface area (Å²) in [4.78, 5) is 0. The zero-order valence-electron chi connectivity index (χ0n) is 6.98. The molecule has 0 aliphatic heterocycles. The molecule has 0 aliphatic rings. The standard InChI is InChI=1S/C10H9BrFN/c11-5-1-2-9-6-8(7-13)3-4-10(9)12/h3-4,6H,5,7,13H2. The predicted molar refractivity (Wildman–Crippen MR) is 55.0 cm³/mol. The fourth-order valence-electron chi connectivity index (χ4n) is 0.924. The second kappa shape index (κ2) is 5.00. The number of alkyl halides is 1. The molecule has 0 spiro atoms. The molecule has 0 atom stereocenters. The quantitative estimate of drug-likeness (QED) is 0.591. The number of nitrogens with two attached hydrogens (primary N) is 1. The lowest BCUT2D eigenvalue weighted by Gasteiger charge is -1.98. The van der Waals surface area contributed by atoms with E-state index in [1.165, 1.54) is 6.07 Å². The van der Waals surface area contributed by atoms with Gasteiger partial charge in [-0.2, -0.15) is 0 Å². The molecular weight excluding hydrogens is 233 g/mol. The van der Waals surface area contributed by atoms with E-state index >= 15 is 0 Å². The SMILES string of the molecule is NCc1ccc(F)c(C#CCBr)c1. The van der Waals surface area contributed by atoms with Gasteiger partial charge in [0.25, 0.3) is 0 Å². The summed E-state index contributed by atoms with van der Waals surface area (Å²) in [6.07, 6.45) is 0. The maximum absolute atomic E-state index is 13.1. The lowest BCUT2D eigenvalue weighted by molar-refractivity contribution is 0.623. The van der Waals surface area contributed by atoms with Crippen molar-refractivity contribution in [2.75, 3.05) is 5.33 Å². The van der Waals surface area contributed by atoms with Crippen molar-refractivity contribution in [3.05, 3.63) is 35.1 Å². The molecule has 0 unspecified atom stereocenters. The number of hydrogen-bond acceptors (Lipinski definition) is 1. The molecule has 1 rings (SSSR count). The van der Waals surface area contributed by atoms with E-state index in [1.807, 2.05) is 0 Å². The molecule has 0 aromatic heterocycles. The van der Waals surface area contributed by atoms with Gasteiger partial charge in [-0.15, -0.1) is 0 Å². The van der Waals surface area contributed by atoms with Gasteiger partial charge in [-0.05, 0) is 17.7 Å². The van der Waals surface area contributed by atoms with E-state index in [4.69, 9.17) is 5.73 Å². The highest BCUT2D eigenvalue weighted by Gasteiger charge is 1.99. The van der Waals surface area contributed by atoms with Gasteiger partial charge in [-0.1, -0.05) is 33.8 Å². The van der Waals surface area contributed by atoms with Crippen molar-refractivity contribution in [1.29, 1.82) is 0 Å². The highest BCUT2D eigenvalue weighted by molar-refractivity contribution is 9.09. The third-order valence-corrected chi connectivity index (χ3v) is 1.84. The molecule has 68 valence electrons.